The Morgan fingerprint density at radius 1 is 1.35 bits per heavy atom. The van der Waals surface area contributed by atoms with Gasteiger partial charge in [-0.25, -0.2) is 8.42 Å². The van der Waals surface area contributed by atoms with Crippen LogP contribution in [0.3, 0.4) is 0 Å². The first-order valence-electron chi connectivity index (χ1n) is 8.08. The van der Waals surface area contributed by atoms with Crippen molar-refractivity contribution in [1.82, 2.24) is 14.9 Å². The predicted molar refractivity (Wildman–Crippen MR) is 90.0 cm³/mol. The standard InChI is InChI=1S/C15H23N3O3S2/c1-11-6-7-14(22-11)23(20,21)18-9-3-5-13(18)15(19)17-12-4-2-8-16-10-12/h6-7,12-13,16H,2-5,8-10H2,1H3,(H,17,19). The lowest BCUT2D eigenvalue weighted by molar-refractivity contribution is -0.125. The van der Waals surface area contributed by atoms with Gasteiger partial charge >= 0.3 is 0 Å². The van der Waals surface area contributed by atoms with Crippen LogP contribution in [0, 0.1) is 6.92 Å². The molecule has 1 amide bonds. The number of sulfonamides is 1. The Balaban J connectivity index is 1.73. The lowest BCUT2D eigenvalue weighted by atomic mass is 10.1. The molecule has 128 valence electrons. The average molecular weight is 358 g/mol. The van der Waals surface area contributed by atoms with E-state index in [4.69, 9.17) is 0 Å². The lowest BCUT2D eigenvalue weighted by Crippen LogP contribution is -2.52. The minimum Gasteiger partial charge on any atom is -0.351 e. The number of carbonyl (C=O) groups excluding carboxylic acids is 1. The van der Waals surface area contributed by atoms with Crippen molar-refractivity contribution >= 4 is 27.3 Å². The van der Waals surface area contributed by atoms with E-state index in [2.05, 4.69) is 10.6 Å². The highest BCUT2D eigenvalue weighted by atomic mass is 32.2. The maximum absolute atomic E-state index is 12.8. The van der Waals surface area contributed by atoms with Crippen molar-refractivity contribution in [2.75, 3.05) is 19.6 Å². The van der Waals surface area contributed by atoms with Gasteiger partial charge in [0.25, 0.3) is 10.0 Å². The zero-order chi connectivity index (χ0) is 16.4. The van der Waals surface area contributed by atoms with E-state index in [9.17, 15) is 13.2 Å². The summed E-state index contributed by atoms with van der Waals surface area (Å²) in [4.78, 5) is 13.5. The molecule has 1 aromatic rings. The van der Waals surface area contributed by atoms with Crippen LogP contribution in [0.25, 0.3) is 0 Å². The summed E-state index contributed by atoms with van der Waals surface area (Å²) in [6.45, 7) is 4.04. The number of rotatable bonds is 4. The third kappa shape index (κ3) is 3.60. The molecule has 2 unspecified atom stereocenters. The number of aryl methyl sites for hydroxylation is 1. The molecule has 0 aliphatic carbocycles. The third-order valence-corrected chi connectivity index (χ3v) is 7.80. The minimum atomic E-state index is -3.58. The van der Waals surface area contributed by atoms with Crippen molar-refractivity contribution in [3.05, 3.63) is 17.0 Å². The van der Waals surface area contributed by atoms with E-state index in [0.717, 1.165) is 37.2 Å². The molecule has 0 aromatic carbocycles. The molecule has 2 saturated heterocycles. The summed E-state index contributed by atoms with van der Waals surface area (Å²) < 4.78 is 27.3. The highest BCUT2D eigenvalue weighted by molar-refractivity contribution is 7.91. The first kappa shape index (κ1) is 16.9. The molecule has 6 nitrogen and oxygen atoms in total. The summed E-state index contributed by atoms with van der Waals surface area (Å²) in [5.74, 6) is -0.159. The fourth-order valence-corrected chi connectivity index (χ4v) is 6.30. The maximum Gasteiger partial charge on any atom is 0.253 e. The second-order valence-corrected chi connectivity index (χ2v) is 9.60. The van der Waals surface area contributed by atoms with E-state index in [-0.39, 0.29) is 11.9 Å². The summed E-state index contributed by atoms with van der Waals surface area (Å²) in [6, 6.07) is 2.96. The van der Waals surface area contributed by atoms with Gasteiger partial charge in [-0.05, 0) is 51.3 Å². The van der Waals surface area contributed by atoms with Crippen LogP contribution in [0.2, 0.25) is 0 Å². The summed E-state index contributed by atoms with van der Waals surface area (Å²) in [7, 11) is -3.58. The fraction of sp³-hybridized carbons (Fsp3) is 0.667. The summed E-state index contributed by atoms with van der Waals surface area (Å²) in [5.41, 5.74) is 0. The number of nitrogens with one attached hydrogen (secondary N) is 2. The average Bonchev–Trinajstić information content (AvgIpc) is 3.17. The van der Waals surface area contributed by atoms with Gasteiger partial charge < -0.3 is 10.6 Å². The number of amides is 1. The van der Waals surface area contributed by atoms with Crippen molar-refractivity contribution in [3.63, 3.8) is 0 Å². The van der Waals surface area contributed by atoms with Gasteiger partial charge in [0.05, 0.1) is 0 Å². The number of carbonyl (C=O) groups is 1. The third-order valence-electron chi connectivity index (χ3n) is 4.43. The quantitative estimate of drug-likeness (QED) is 0.845. The highest BCUT2D eigenvalue weighted by Crippen LogP contribution is 2.30. The Hall–Kier alpha value is -0.960. The molecule has 2 N–H and O–H groups in total. The highest BCUT2D eigenvalue weighted by Gasteiger charge is 2.40. The second-order valence-electron chi connectivity index (χ2n) is 6.19. The van der Waals surface area contributed by atoms with Gasteiger partial charge in [-0.2, -0.15) is 4.31 Å². The molecule has 1 aromatic heterocycles. The van der Waals surface area contributed by atoms with Crippen LogP contribution in [-0.4, -0.2) is 50.3 Å². The number of piperidine rings is 1. The second kappa shape index (κ2) is 6.88. The van der Waals surface area contributed by atoms with Gasteiger partial charge in [0, 0.05) is 24.0 Å². The Labute approximate surface area is 141 Å². The molecule has 0 bridgehead atoms. The molecule has 23 heavy (non-hydrogen) atoms. The summed E-state index contributed by atoms with van der Waals surface area (Å²) in [5, 5.41) is 6.27. The topological polar surface area (TPSA) is 78.5 Å². The predicted octanol–water partition coefficient (Wildman–Crippen LogP) is 1.08. The molecule has 2 aliphatic heterocycles. The Bertz CT molecular complexity index is 665. The maximum atomic E-state index is 12.8. The van der Waals surface area contributed by atoms with Crippen molar-refractivity contribution in [2.45, 2.75) is 48.9 Å². The van der Waals surface area contributed by atoms with Gasteiger partial charge in [-0.15, -0.1) is 11.3 Å². The molecular weight excluding hydrogens is 334 g/mol. The molecule has 0 spiro atoms. The van der Waals surface area contributed by atoms with E-state index in [1.165, 1.54) is 15.6 Å². The smallest absolute Gasteiger partial charge is 0.253 e. The normalized spacial score (nSPS) is 26.3. The van der Waals surface area contributed by atoms with Crippen LogP contribution in [0.1, 0.15) is 30.6 Å². The summed E-state index contributed by atoms with van der Waals surface area (Å²) >= 11 is 1.26. The molecular formula is C15H23N3O3S2. The van der Waals surface area contributed by atoms with E-state index < -0.39 is 16.1 Å². The van der Waals surface area contributed by atoms with Crippen molar-refractivity contribution in [2.24, 2.45) is 0 Å². The number of nitrogens with zero attached hydrogens (tertiary/aromatic N) is 1. The van der Waals surface area contributed by atoms with Crippen LogP contribution in [0.4, 0.5) is 0 Å². The van der Waals surface area contributed by atoms with E-state index in [0.29, 0.717) is 17.2 Å². The van der Waals surface area contributed by atoms with E-state index in [1.54, 1.807) is 12.1 Å². The van der Waals surface area contributed by atoms with E-state index in [1.807, 2.05) is 6.92 Å². The van der Waals surface area contributed by atoms with Gasteiger partial charge in [0.2, 0.25) is 5.91 Å². The number of hydrogen-bond donors (Lipinski definition) is 2. The van der Waals surface area contributed by atoms with Crippen molar-refractivity contribution < 1.29 is 13.2 Å². The van der Waals surface area contributed by atoms with Crippen LogP contribution in [-0.2, 0) is 14.8 Å². The molecule has 0 radical (unpaired) electrons. The largest absolute Gasteiger partial charge is 0.351 e. The van der Waals surface area contributed by atoms with Crippen LogP contribution in [0.15, 0.2) is 16.3 Å². The van der Waals surface area contributed by atoms with Crippen LogP contribution < -0.4 is 10.6 Å². The van der Waals surface area contributed by atoms with Crippen molar-refractivity contribution in [3.8, 4) is 0 Å². The van der Waals surface area contributed by atoms with E-state index >= 15 is 0 Å². The van der Waals surface area contributed by atoms with Gasteiger partial charge in [0.15, 0.2) is 0 Å². The number of hydrogen-bond acceptors (Lipinski definition) is 5. The lowest BCUT2D eigenvalue weighted by Gasteiger charge is -2.28. The number of thiophene rings is 1. The Morgan fingerprint density at radius 3 is 2.83 bits per heavy atom. The monoisotopic (exact) mass is 357 g/mol. The van der Waals surface area contributed by atoms with Gasteiger partial charge in [-0.1, -0.05) is 0 Å². The van der Waals surface area contributed by atoms with Gasteiger partial charge in [0.1, 0.15) is 10.3 Å². The molecule has 2 fully saturated rings. The van der Waals surface area contributed by atoms with Gasteiger partial charge in [-0.3, -0.25) is 4.79 Å². The molecule has 2 atom stereocenters. The molecule has 8 heteroatoms. The Kier molecular flexibility index (Phi) is 5.05. The zero-order valence-electron chi connectivity index (χ0n) is 13.2. The summed E-state index contributed by atoms with van der Waals surface area (Å²) in [6.07, 6.45) is 3.30. The zero-order valence-corrected chi connectivity index (χ0v) is 14.9. The fourth-order valence-electron chi connectivity index (χ4n) is 3.23. The molecule has 0 saturated carbocycles. The first-order valence-corrected chi connectivity index (χ1v) is 10.3. The first-order chi connectivity index (χ1) is 11.0. The molecule has 3 rings (SSSR count). The molecule has 2 aliphatic rings. The Morgan fingerprint density at radius 2 is 2.17 bits per heavy atom. The molecule has 3 heterocycles. The van der Waals surface area contributed by atoms with Crippen molar-refractivity contribution in [1.29, 1.82) is 0 Å². The SMILES string of the molecule is Cc1ccc(S(=O)(=O)N2CCCC2C(=O)NC2CCCNC2)s1. The van der Waals surface area contributed by atoms with Crippen LogP contribution >= 0.6 is 11.3 Å². The minimum absolute atomic E-state index is 0.102. The van der Waals surface area contributed by atoms with Crippen LogP contribution in [0.5, 0.6) is 0 Å².